The molecule has 154 valence electrons. The minimum atomic E-state index is -0.541. The fourth-order valence-corrected chi connectivity index (χ4v) is 4.35. The van der Waals surface area contributed by atoms with Gasteiger partial charge in [0.2, 0.25) is 17.8 Å². The average molecular weight is 389 g/mol. The summed E-state index contributed by atoms with van der Waals surface area (Å²) in [4.78, 5) is 33.6. The number of nitriles is 1. The van der Waals surface area contributed by atoms with Crippen LogP contribution in [0.15, 0.2) is 4.99 Å². The third kappa shape index (κ3) is 5.60. The minimum absolute atomic E-state index is 0.0335. The van der Waals surface area contributed by atoms with Gasteiger partial charge in [0, 0.05) is 25.7 Å². The van der Waals surface area contributed by atoms with Crippen LogP contribution in [-0.2, 0) is 9.59 Å². The zero-order valence-corrected chi connectivity index (χ0v) is 16.7. The van der Waals surface area contributed by atoms with E-state index in [1.165, 1.54) is 19.3 Å². The number of rotatable bonds is 4. The van der Waals surface area contributed by atoms with Crippen molar-refractivity contribution in [2.45, 2.75) is 76.3 Å². The molecule has 2 heterocycles. The molecule has 1 unspecified atom stereocenters. The van der Waals surface area contributed by atoms with Crippen LogP contribution in [0.4, 0.5) is 0 Å². The smallest absolute Gasteiger partial charge is 0.247 e. The van der Waals surface area contributed by atoms with Gasteiger partial charge in [-0.05, 0) is 44.9 Å². The summed E-state index contributed by atoms with van der Waals surface area (Å²) in [6, 6.07) is -0.247. The summed E-state index contributed by atoms with van der Waals surface area (Å²) in [6.07, 6.45) is 12.1. The molecule has 3 aliphatic rings. The van der Waals surface area contributed by atoms with Gasteiger partial charge >= 0.3 is 0 Å². The second-order valence-electron chi connectivity index (χ2n) is 8.05. The quantitative estimate of drug-likeness (QED) is 0.328. The van der Waals surface area contributed by atoms with E-state index < -0.39 is 6.04 Å². The first-order valence-corrected chi connectivity index (χ1v) is 10.7. The predicted molar refractivity (Wildman–Crippen MR) is 106 cm³/mol. The van der Waals surface area contributed by atoms with Crippen molar-refractivity contribution in [3.05, 3.63) is 0 Å². The van der Waals surface area contributed by atoms with Gasteiger partial charge in [-0.3, -0.25) is 14.9 Å². The third-order valence-corrected chi connectivity index (χ3v) is 5.94. The van der Waals surface area contributed by atoms with Crippen LogP contribution in [0.25, 0.3) is 0 Å². The molecule has 2 N–H and O–H groups in total. The van der Waals surface area contributed by atoms with Gasteiger partial charge in [-0.1, -0.05) is 19.3 Å². The molecule has 1 aliphatic carbocycles. The molecule has 0 radical (unpaired) electrons. The van der Waals surface area contributed by atoms with Crippen molar-refractivity contribution in [2.24, 2.45) is 4.99 Å². The topological polar surface area (TPSA) is 101 Å². The lowest BCUT2D eigenvalue weighted by Gasteiger charge is -2.26. The molecule has 2 aliphatic heterocycles. The minimum Gasteiger partial charge on any atom is -0.353 e. The van der Waals surface area contributed by atoms with Crippen LogP contribution >= 0.6 is 0 Å². The monoisotopic (exact) mass is 388 g/mol. The van der Waals surface area contributed by atoms with E-state index in [0.717, 1.165) is 51.6 Å². The Morgan fingerprint density at radius 1 is 1.04 bits per heavy atom. The number of carbonyl (C=O) groups is 2. The van der Waals surface area contributed by atoms with E-state index in [1.807, 2.05) is 11.1 Å². The average Bonchev–Trinajstić information content (AvgIpc) is 3.19. The van der Waals surface area contributed by atoms with Gasteiger partial charge in [0.1, 0.15) is 6.04 Å². The molecular formula is C20H32N6O2. The Balaban J connectivity index is 1.65. The van der Waals surface area contributed by atoms with Crippen molar-refractivity contribution >= 4 is 17.8 Å². The van der Waals surface area contributed by atoms with Crippen molar-refractivity contribution in [1.29, 1.82) is 5.26 Å². The SMILES string of the molecule is N#CNC(=NC1CCCCN(CC(=O)N2CCCC2)C1=O)NC1CCCCC1. The van der Waals surface area contributed by atoms with E-state index in [0.29, 0.717) is 25.0 Å². The Morgan fingerprint density at radius 3 is 2.43 bits per heavy atom. The Morgan fingerprint density at radius 2 is 1.71 bits per heavy atom. The number of guanidine groups is 1. The van der Waals surface area contributed by atoms with Crippen LogP contribution < -0.4 is 10.6 Å². The number of nitrogens with one attached hydrogen (secondary N) is 2. The molecule has 2 saturated heterocycles. The van der Waals surface area contributed by atoms with Crippen molar-refractivity contribution < 1.29 is 9.59 Å². The van der Waals surface area contributed by atoms with E-state index >= 15 is 0 Å². The molecule has 1 atom stereocenters. The molecule has 0 spiro atoms. The summed E-state index contributed by atoms with van der Waals surface area (Å²) in [5, 5.41) is 15.0. The first-order valence-electron chi connectivity index (χ1n) is 10.7. The first kappa shape index (κ1) is 20.4. The second-order valence-corrected chi connectivity index (χ2v) is 8.05. The first-order chi connectivity index (χ1) is 13.7. The van der Waals surface area contributed by atoms with Crippen LogP contribution in [0.1, 0.15) is 64.2 Å². The zero-order valence-electron chi connectivity index (χ0n) is 16.7. The maximum absolute atomic E-state index is 13.0. The number of aliphatic imine (C=N–C) groups is 1. The Kier molecular flexibility index (Phi) is 7.52. The summed E-state index contributed by atoms with van der Waals surface area (Å²) in [6.45, 7) is 2.33. The maximum Gasteiger partial charge on any atom is 0.247 e. The number of carbonyl (C=O) groups excluding carboxylic acids is 2. The van der Waals surface area contributed by atoms with Crippen LogP contribution in [0.2, 0.25) is 0 Å². The fourth-order valence-electron chi connectivity index (χ4n) is 4.35. The summed E-state index contributed by atoms with van der Waals surface area (Å²) < 4.78 is 0. The molecule has 0 aromatic carbocycles. The van der Waals surface area contributed by atoms with Crippen LogP contribution in [0.3, 0.4) is 0 Å². The molecule has 3 rings (SSSR count). The molecule has 0 aromatic rings. The maximum atomic E-state index is 13.0. The summed E-state index contributed by atoms with van der Waals surface area (Å²) >= 11 is 0. The Labute approximate surface area is 167 Å². The van der Waals surface area contributed by atoms with Gasteiger partial charge in [0.05, 0.1) is 6.54 Å². The second kappa shape index (κ2) is 10.3. The van der Waals surface area contributed by atoms with Gasteiger partial charge in [0.15, 0.2) is 6.19 Å². The van der Waals surface area contributed by atoms with Crippen molar-refractivity contribution in [1.82, 2.24) is 20.4 Å². The highest BCUT2D eigenvalue weighted by molar-refractivity contribution is 5.90. The number of hydrogen-bond acceptors (Lipinski definition) is 4. The Hall–Kier alpha value is -2.30. The van der Waals surface area contributed by atoms with Gasteiger partial charge < -0.3 is 15.1 Å². The van der Waals surface area contributed by atoms with Crippen molar-refractivity contribution in [2.75, 3.05) is 26.2 Å². The molecule has 28 heavy (non-hydrogen) atoms. The molecule has 0 aromatic heterocycles. The third-order valence-electron chi connectivity index (χ3n) is 5.94. The van der Waals surface area contributed by atoms with Gasteiger partial charge in [-0.2, -0.15) is 5.26 Å². The highest BCUT2D eigenvalue weighted by Gasteiger charge is 2.30. The van der Waals surface area contributed by atoms with Crippen LogP contribution in [0.5, 0.6) is 0 Å². The molecule has 1 saturated carbocycles. The lowest BCUT2D eigenvalue weighted by molar-refractivity contribution is -0.140. The zero-order chi connectivity index (χ0) is 19.8. The molecule has 8 nitrogen and oxygen atoms in total. The lowest BCUT2D eigenvalue weighted by atomic mass is 9.96. The van der Waals surface area contributed by atoms with Gasteiger partial charge in [-0.25, -0.2) is 4.99 Å². The standard InChI is InChI=1S/C20H32N6O2/c21-15-22-20(23-16-8-2-1-3-9-16)24-17-10-4-5-13-26(19(17)28)14-18(27)25-11-6-7-12-25/h16-17H,1-14H2,(H2,22,23,24). The van der Waals surface area contributed by atoms with E-state index in [4.69, 9.17) is 5.26 Å². The number of likely N-dealkylation sites (tertiary alicyclic amines) is 2. The van der Waals surface area contributed by atoms with E-state index in [9.17, 15) is 9.59 Å². The molecule has 8 heteroatoms. The predicted octanol–water partition coefficient (Wildman–Crippen LogP) is 1.34. The van der Waals surface area contributed by atoms with E-state index in [1.54, 1.807) is 4.90 Å². The van der Waals surface area contributed by atoms with E-state index in [-0.39, 0.29) is 18.4 Å². The summed E-state index contributed by atoms with van der Waals surface area (Å²) in [5.74, 6) is 0.319. The highest BCUT2D eigenvalue weighted by atomic mass is 16.2. The van der Waals surface area contributed by atoms with Gasteiger partial charge in [0.25, 0.3) is 0 Å². The number of amides is 2. The Bertz CT molecular complexity index is 617. The summed E-state index contributed by atoms with van der Waals surface area (Å²) in [5.41, 5.74) is 0. The molecular weight excluding hydrogens is 356 g/mol. The van der Waals surface area contributed by atoms with Crippen molar-refractivity contribution in [3.8, 4) is 6.19 Å². The van der Waals surface area contributed by atoms with E-state index in [2.05, 4.69) is 15.6 Å². The number of nitrogens with zero attached hydrogens (tertiary/aromatic N) is 4. The summed E-state index contributed by atoms with van der Waals surface area (Å²) in [7, 11) is 0. The normalized spacial score (nSPS) is 24.6. The van der Waals surface area contributed by atoms with Crippen LogP contribution in [-0.4, -0.2) is 65.8 Å². The molecule has 2 amide bonds. The fraction of sp³-hybridized carbons (Fsp3) is 0.800. The van der Waals surface area contributed by atoms with Gasteiger partial charge in [-0.15, -0.1) is 0 Å². The molecule has 3 fully saturated rings. The van der Waals surface area contributed by atoms with Crippen LogP contribution in [0, 0.1) is 11.5 Å². The highest BCUT2D eigenvalue weighted by Crippen LogP contribution is 2.19. The number of hydrogen-bond donors (Lipinski definition) is 2. The largest absolute Gasteiger partial charge is 0.353 e. The lowest BCUT2D eigenvalue weighted by Crippen LogP contribution is -2.47. The molecule has 0 bridgehead atoms. The van der Waals surface area contributed by atoms with Crippen molar-refractivity contribution in [3.63, 3.8) is 0 Å².